The van der Waals surface area contributed by atoms with E-state index in [-0.39, 0.29) is 6.61 Å². The Labute approximate surface area is 146 Å². The number of hydrogen-bond acceptors (Lipinski definition) is 6. The molecule has 0 unspecified atom stereocenters. The number of hydrogen-bond donors (Lipinski definition) is 0. The fourth-order valence-electron chi connectivity index (χ4n) is 1.96. The normalized spacial score (nSPS) is 11.8. The molecule has 0 spiro atoms. The highest BCUT2D eigenvalue weighted by molar-refractivity contribution is 5.76. The van der Waals surface area contributed by atoms with Crippen LogP contribution in [0.4, 0.5) is 4.79 Å². The average Bonchev–Trinajstić information content (AvgIpc) is 2.56. The zero-order valence-corrected chi connectivity index (χ0v) is 15.5. The lowest BCUT2D eigenvalue weighted by atomic mass is 10.2. The monoisotopic (exact) mass is 346 g/mol. The molecule has 0 radical (unpaired) electrons. The van der Waals surface area contributed by atoms with Crippen LogP contribution in [0.1, 0.15) is 72.1 Å². The number of carbonyl (C=O) groups is 2. The van der Waals surface area contributed by atoms with Gasteiger partial charge in [0.25, 0.3) is 0 Å². The molecule has 0 saturated carbocycles. The van der Waals surface area contributed by atoms with Gasteiger partial charge in [-0.15, -0.1) is 0 Å². The summed E-state index contributed by atoms with van der Waals surface area (Å²) in [6.45, 7) is 7.23. The van der Waals surface area contributed by atoms with Crippen molar-refractivity contribution in [3.63, 3.8) is 0 Å². The largest absolute Gasteiger partial charge is 0.509 e. The van der Waals surface area contributed by atoms with Gasteiger partial charge >= 0.3 is 12.1 Å². The van der Waals surface area contributed by atoms with Gasteiger partial charge in [-0.05, 0) is 19.8 Å². The molecular formula is C18H34O6. The molecule has 0 fully saturated rings. The molecule has 0 aliphatic rings. The van der Waals surface area contributed by atoms with Gasteiger partial charge in [0.1, 0.15) is 6.61 Å². The topological polar surface area (TPSA) is 71.1 Å². The van der Waals surface area contributed by atoms with E-state index in [1.807, 2.05) is 0 Å². The van der Waals surface area contributed by atoms with Crippen LogP contribution in [-0.2, 0) is 23.7 Å². The van der Waals surface area contributed by atoms with Gasteiger partial charge in [-0.25, -0.2) is 9.59 Å². The van der Waals surface area contributed by atoms with Crippen LogP contribution in [0, 0.1) is 0 Å². The Morgan fingerprint density at radius 1 is 0.750 bits per heavy atom. The zero-order chi connectivity index (χ0) is 18.0. The van der Waals surface area contributed by atoms with E-state index >= 15 is 0 Å². The fourth-order valence-corrected chi connectivity index (χ4v) is 1.96. The van der Waals surface area contributed by atoms with Crippen molar-refractivity contribution in [3.05, 3.63) is 0 Å². The Morgan fingerprint density at radius 2 is 1.38 bits per heavy atom. The summed E-state index contributed by atoms with van der Waals surface area (Å²) >= 11 is 0. The van der Waals surface area contributed by atoms with Crippen LogP contribution in [-0.4, -0.2) is 44.7 Å². The molecule has 0 N–H and O–H groups in total. The quantitative estimate of drug-likeness (QED) is 0.326. The second-order valence-corrected chi connectivity index (χ2v) is 5.76. The summed E-state index contributed by atoms with van der Waals surface area (Å²) in [6.07, 6.45) is 6.82. The molecule has 0 saturated heterocycles. The van der Waals surface area contributed by atoms with Crippen molar-refractivity contribution in [3.8, 4) is 0 Å². The first-order valence-corrected chi connectivity index (χ1v) is 9.19. The first kappa shape index (κ1) is 22.7. The third kappa shape index (κ3) is 14.3. The Morgan fingerprint density at radius 3 is 2.00 bits per heavy atom. The maximum absolute atomic E-state index is 11.7. The zero-order valence-electron chi connectivity index (χ0n) is 15.5. The molecule has 0 aliphatic heterocycles. The van der Waals surface area contributed by atoms with E-state index < -0.39 is 18.2 Å². The van der Waals surface area contributed by atoms with E-state index in [4.69, 9.17) is 18.9 Å². The van der Waals surface area contributed by atoms with Crippen molar-refractivity contribution in [2.45, 2.75) is 78.2 Å². The molecule has 0 bridgehead atoms. The van der Waals surface area contributed by atoms with Crippen molar-refractivity contribution < 1.29 is 28.5 Å². The summed E-state index contributed by atoms with van der Waals surface area (Å²) < 4.78 is 20.1. The third-order valence-corrected chi connectivity index (χ3v) is 3.44. The second kappa shape index (κ2) is 16.6. The summed E-state index contributed by atoms with van der Waals surface area (Å²) in [5.41, 5.74) is 0. The van der Waals surface area contributed by atoms with Gasteiger partial charge in [0, 0.05) is 6.61 Å². The van der Waals surface area contributed by atoms with Crippen LogP contribution >= 0.6 is 0 Å². The van der Waals surface area contributed by atoms with Gasteiger partial charge in [0.2, 0.25) is 0 Å². The molecule has 24 heavy (non-hydrogen) atoms. The molecule has 0 aliphatic carbocycles. The molecule has 0 aromatic rings. The Balaban J connectivity index is 3.56. The van der Waals surface area contributed by atoms with E-state index in [2.05, 4.69) is 13.8 Å². The molecular weight excluding hydrogens is 312 g/mol. The van der Waals surface area contributed by atoms with E-state index in [0.29, 0.717) is 19.8 Å². The van der Waals surface area contributed by atoms with Gasteiger partial charge in [0.15, 0.2) is 6.10 Å². The highest BCUT2D eigenvalue weighted by Gasteiger charge is 2.20. The smallest absolute Gasteiger partial charge is 0.461 e. The van der Waals surface area contributed by atoms with Gasteiger partial charge in [-0.2, -0.15) is 0 Å². The maximum Gasteiger partial charge on any atom is 0.509 e. The van der Waals surface area contributed by atoms with Crippen molar-refractivity contribution in [1.82, 2.24) is 0 Å². The van der Waals surface area contributed by atoms with Gasteiger partial charge in [-0.3, -0.25) is 0 Å². The first-order valence-electron chi connectivity index (χ1n) is 9.19. The molecule has 6 heteroatoms. The van der Waals surface area contributed by atoms with E-state index in [0.717, 1.165) is 38.5 Å². The van der Waals surface area contributed by atoms with Gasteiger partial charge in [0.05, 0.1) is 13.2 Å². The minimum absolute atomic E-state index is 0.159. The predicted molar refractivity (Wildman–Crippen MR) is 92.0 cm³/mol. The number of carbonyl (C=O) groups excluding carboxylic acids is 2. The van der Waals surface area contributed by atoms with Crippen LogP contribution in [0.25, 0.3) is 0 Å². The minimum Gasteiger partial charge on any atom is -0.461 e. The molecule has 0 heterocycles. The average molecular weight is 346 g/mol. The van der Waals surface area contributed by atoms with E-state index in [9.17, 15) is 9.59 Å². The highest BCUT2D eigenvalue weighted by Crippen LogP contribution is 2.02. The molecule has 0 aromatic carbocycles. The lowest BCUT2D eigenvalue weighted by Gasteiger charge is -2.13. The summed E-state index contributed by atoms with van der Waals surface area (Å²) in [7, 11) is 0. The summed E-state index contributed by atoms with van der Waals surface area (Å²) in [5, 5.41) is 0. The Bertz CT molecular complexity index is 319. The Hall–Kier alpha value is -1.30. The first-order chi connectivity index (χ1) is 11.6. The molecule has 6 nitrogen and oxygen atoms in total. The SMILES string of the molecule is CCCCCCOCCOC(=O)[C@H](C)OC(=O)OCCCCCC. The lowest BCUT2D eigenvalue weighted by Crippen LogP contribution is -2.27. The highest BCUT2D eigenvalue weighted by atomic mass is 16.7. The Kier molecular flexibility index (Phi) is 15.7. The maximum atomic E-state index is 11.7. The van der Waals surface area contributed by atoms with Crippen LogP contribution in [0.2, 0.25) is 0 Å². The van der Waals surface area contributed by atoms with Crippen molar-refractivity contribution in [2.24, 2.45) is 0 Å². The van der Waals surface area contributed by atoms with Crippen LogP contribution in [0.3, 0.4) is 0 Å². The van der Waals surface area contributed by atoms with E-state index in [1.54, 1.807) is 0 Å². The number of ether oxygens (including phenoxy) is 4. The second-order valence-electron chi connectivity index (χ2n) is 5.76. The summed E-state index contributed by atoms with van der Waals surface area (Å²) in [4.78, 5) is 23.1. The summed E-state index contributed by atoms with van der Waals surface area (Å²) in [5.74, 6) is -0.590. The van der Waals surface area contributed by atoms with Crippen molar-refractivity contribution >= 4 is 12.1 Å². The molecule has 0 aromatic heterocycles. The van der Waals surface area contributed by atoms with Crippen molar-refractivity contribution in [1.29, 1.82) is 0 Å². The van der Waals surface area contributed by atoms with Crippen LogP contribution in [0.15, 0.2) is 0 Å². The molecule has 1 atom stereocenters. The van der Waals surface area contributed by atoms with E-state index in [1.165, 1.54) is 19.8 Å². The van der Waals surface area contributed by atoms with Crippen LogP contribution in [0.5, 0.6) is 0 Å². The number of esters is 1. The summed E-state index contributed by atoms with van der Waals surface area (Å²) in [6, 6.07) is 0. The lowest BCUT2D eigenvalue weighted by molar-refractivity contribution is -0.155. The molecule has 142 valence electrons. The van der Waals surface area contributed by atoms with Crippen molar-refractivity contribution in [2.75, 3.05) is 26.4 Å². The third-order valence-electron chi connectivity index (χ3n) is 3.44. The molecule has 0 amide bonds. The fraction of sp³-hybridized carbons (Fsp3) is 0.889. The van der Waals surface area contributed by atoms with Gasteiger partial charge in [-0.1, -0.05) is 52.4 Å². The predicted octanol–water partition coefficient (Wildman–Crippen LogP) is 4.25. The number of rotatable bonds is 15. The number of unbranched alkanes of at least 4 members (excludes halogenated alkanes) is 6. The molecule has 0 rings (SSSR count). The minimum atomic E-state index is -0.974. The van der Waals surface area contributed by atoms with Crippen LogP contribution < -0.4 is 0 Å². The van der Waals surface area contributed by atoms with Gasteiger partial charge < -0.3 is 18.9 Å². The standard InChI is InChI=1S/C18H34O6/c1-4-6-8-10-12-21-14-15-22-17(19)16(3)24-18(20)23-13-11-9-7-5-2/h16H,4-15H2,1-3H3/t16-/m0/s1.